The minimum Gasteiger partial charge on any atom is -0.129 e. The van der Waals surface area contributed by atoms with Crippen molar-refractivity contribution in [1.29, 1.82) is 0 Å². The normalized spacial score (nSPS) is 24.0. The van der Waals surface area contributed by atoms with Crippen LogP contribution in [0.15, 0.2) is 21.9 Å². The Bertz CT molecular complexity index is 510. The van der Waals surface area contributed by atoms with Crippen LogP contribution in [0.5, 0.6) is 0 Å². The zero-order valence-corrected chi connectivity index (χ0v) is 18.9. The Hall–Kier alpha value is -0.0800. The largest absolute Gasteiger partial charge is 0.129 e. The van der Waals surface area contributed by atoms with Crippen LogP contribution in [-0.4, -0.2) is 12.5 Å². The van der Waals surface area contributed by atoms with Crippen LogP contribution in [0.2, 0.25) is 0 Å². The molecule has 0 heterocycles. The molecule has 0 N–H and O–H groups in total. The molecule has 1 aliphatic carbocycles. The second-order valence-electron chi connectivity index (χ2n) is 8.30. The fourth-order valence-corrected chi connectivity index (χ4v) is 6.18. The number of hydrogen-bond donors (Lipinski definition) is 0. The molecule has 1 fully saturated rings. The minimum absolute atomic E-state index is 0.748. The Balaban J connectivity index is 2.39. The van der Waals surface area contributed by atoms with E-state index in [1.807, 2.05) is 23.5 Å². The first-order chi connectivity index (χ1) is 12.0. The van der Waals surface area contributed by atoms with E-state index in [1.54, 1.807) is 20.9 Å². The monoisotopic (exact) mass is 378 g/mol. The average Bonchev–Trinajstić information content (AvgIpc) is 2.60. The summed E-state index contributed by atoms with van der Waals surface area (Å²) in [7, 11) is 0. The molecule has 1 saturated carbocycles. The predicted octanol–water partition coefficient (Wildman–Crippen LogP) is 8.04. The Labute approximate surface area is 165 Å². The van der Waals surface area contributed by atoms with Crippen LogP contribution in [0, 0.1) is 17.8 Å². The zero-order valence-electron chi connectivity index (χ0n) is 17.2. The first kappa shape index (κ1) is 21.2. The third-order valence-electron chi connectivity index (χ3n) is 6.07. The average molecular weight is 379 g/mol. The molecule has 0 radical (unpaired) electrons. The van der Waals surface area contributed by atoms with E-state index in [0.717, 1.165) is 23.7 Å². The van der Waals surface area contributed by atoms with Gasteiger partial charge in [-0.2, -0.15) is 0 Å². The van der Waals surface area contributed by atoms with Crippen molar-refractivity contribution in [2.75, 3.05) is 12.5 Å². The molecule has 2 heteroatoms. The Kier molecular flexibility index (Phi) is 8.75. The van der Waals surface area contributed by atoms with Gasteiger partial charge in [-0.25, -0.2) is 0 Å². The predicted molar refractivity (Wildman–Crippen MR) is 117 cm³/mol. The highest BCUT2D eigenvalue weighted by Gasteiger charge is 2.34. The van der Waals surface area contributed by atoms with Gasteiger partial charge in [-0.3, -0.25) is 0 Å². The summed E-state index contributed by atoms with van der Waals surface area (Å²) in [5.41, 5.74) is 3.24. The van der Waals surface area contributed by atoms with Crippen LogP contribution in [0.3, 0.4) is 0 Å². The van der Waals surface area contributed by atoms with E-state index in [1.165, 1.54) is 44.9 Å². The minimum atomic E-state index is 0.748. The topological polar surface area (TPSA) is 0 Å². The molecule has 0 bridgehead atoms. The van der Waals surface area contributed by atoms with E-state index in [-0.39, 0.29) is 0 Å². The molecule has 1 aliphatic rings. The molecule has 2 rings (SSSR count). The van der Waals surface area contributed by atoms with Crippen molar-refractivity contribution in [3.8, 4) is 0 Å². The fraction of sp³-hybridized carbons (Fsp3) is 0.739. The van der Waals surface area contributed by atoms with Gasteiger partial charge in [0, 0.05) is 9.79 Å². The highest BCUT2D eigenvalue weighted by Crippen LogP contribution is 2.49. The lowest BCUT2D eigenvalue weighted by Gasteiger charge is -2.39. The highest BCUT2D eigenvalue weighted by molar-refractivity contribution is 7.99. The van der Waals surface area contributed by atoms with Gasteiger partial charge in [-0.15, -0.1) is 23.5 Å². The molecule has 0 spiro atoms. The summed E-state index contributed by atoms with van der Waals surface area (Å²) in [6.07, 6.45) is 14.0. The molecular weight excluding hydrogens is 340 g/mol. The number of rotatable bonds is 8. The lowest BCUT2D eigenvalue weighted by molar-refractivity contribution is 0.193. The van der Waals surface area contributed by atoms with Crippen molar-refractivity contribution in [2.45, 2.75) is 88.3 Å². The van der Waals surface area contributed by atoms with E-state index in [2.05, 4.69) is 52.3 Å². The summed E-state index contributed by atoms with van der Waals surface area (Å²) >= 11 is 3.95. The molecule has 3 atom stereocenters. The van der Waals surface area contributed by atoms with Gasteiger partial charge < -0.3 is 0 Å². The third kappa shape index (κ3) is 5.45. The van der Waals surface area contributed by atoms with Crippen molar-refractivity contribution in [3.05, 3.63) is 23.3 Å². The molecule has 25 heavy (non-hydrogen) atoms. The Morgan fingerprint density at radius 1 is 1.04 bits per heavy atom. The molecule has 142 valence electrons. The van der Waals surface area contributed by atoms with Crippen molar-refractivity contribution in [2.24, 2.45) is 17.8 Å². The maximum atomic E-state index is 2.52. The van der Waals surface area contributed by atoms with E-state index in [0.29, 0.717) is 0 Å². The number of aryl methyl sites for hydroxylation is 1. The van der Waals surface area contributed by atoms with E-state index >= 15 is 0 Å². The van der Waals surface area contributed by atoms with Gasteiger partial charge in [0.2, 0.25) is 0 Å². The molecule has 0 aromatic heterocycles. The molecule has 1 aromatic rings. The lowest BCUT2D eigenvalue weighted by Crippen LogP contribution is -2.27. The second kappa shape index (κ2) is 10.3. The van der Waals surface area contributed by atoms with Gasteiger partial charge >= 0.3 is 0 Å². The van der Waals surface area contributed by atoms with Gasteiger partial charge in [0.15, 0.2) is 0 Å². The molecular formula is C23H38S2. The fourth-order valence-electron chi connectivity index (χ4n) is 4.62. The van der Waals surface area contributed by atoms with Crippen LogP contribution >= 0.6 is 23.5 Å². The van der Waals surface area contributed by atoms with Crippen molar-refractivity contribution >= 4 is 23.5 Å². The van der Waals surface area contributed by atoms with Crippen LogP contribution in [0.25, 0.3) is 0 Å². The van der Waals surface area contributed by atoms with Gasteiger partial charge in [0.05, 0.1) is 0 Å². The van der Waals surface area contributed by atoms with Crippen LogP contribution < -0.4 is 0 Å². The first-order valence-electron chi connectivity index (χ1n) is 10.3. The molecule has 1 aromatic carbocycles. The maximum Gasteiger partial charge on any atom is 0.0118 e. The van der Waals surface area contributed by atoms with Crippen LogP contribution in [0.1, 0.15) is 83.3 Å². The first-order valence-corrected chi connectivity index (χ1v) is 12.7. The maximum absolute atomic E-state index is 2.52. The second-order valence-corrected chi connectivity index (χ2v) is 10.00. The molecule has 0 unspecified atom stereocenters. The SMILES string of the molecule is CCCCCc1cc(SC)c([C@@H]2C[C@H](C)CC[C@H]2C(C)C)c(SC)c1. The van der Waals surface area contributed by atoms with Gasteiger partial charge in [0.25, 0.3) is 0 Å². The summed E-state index contributed by atoms with van der Waals surface area (Å²) in [5.74, 6) is 3.25. The van der Waals surface area contributed by atoms with Crippen molar-refractivity contribution in [3.63, 3.8) is 0 Å². The number of hydrogen-bond acceptors (Lipinski definition) is 2. The summed E-state index contributed by atoms with van der Waals surface area (Å²) < 4.78 is 0. The Morgan fingerprint density at radius 3 is 2.20 bits per heavy atom. The molecule has 0 amide bonds. The van der Waals surface area contributed by atoms with Gasteiger partial charge in [-0.1, -0.05) is 47.0 Å². The van der Waals surface area contributed by atoms with Crippen LogP contribution in [-0.2, 0) is 6.42 Å². The van der Waals surface area contributed by atoms with Gasteiger partial charge in [-0.05, 0) is 85.1 Å². The quantitative estimate of drug-likeness (QED) is 0.331. The number of unbranched alkanes of at least 4 members (excludes halogenated alkanes) is 2. The van der Waals surface area contributed by atoms with Crippen LogP contribution in [0.4, 0.5) is 0 Å². The van der Waals surface area contributed by atoms with E-state index in [4.69, 9.17) is 0 Å². The number of benzene rings is 1. The summed E-state index contributed by atoms with van der Waals surface area (Å²) in [5, 5.41) is 0. The lowest BCUT2D eigenvalue weighted by atomic mass is 9.67. The molecule has 0 saturated heterocycles. The zero-order chi connectivity index (χ0) is 18.4. The third-order valence-corrected chi connectivity index (χ3v) is 7.62. The molecule has 0 aliphatic heterocycles. The summed E-state index contributed by atoms with van der Waals surface area (Å²) in [6, 6.07) is 5.04. The Morgan fingerprint density at radius 2 is 1.68 bits per heavy atom. The molecule has 0 nitrogen and oxygen atoms in total. The van der Waals surface area contributed by atoms with Gasteiger partial charge in [0.1, 0.15) is 0 Å². The van der Waals surface area contributed by atoms with E-state index < -0.39 is 0 Å². The van der Waals surface area contributed by atoms with Crippen molar-refractivity contribution in [1.82, 2.24) is 0 Å². The smallest absolute Gasteiger partial charge is 0.0118 e. The summed E-state index contributed by atoms with van der Waals surface area (Å²) in [6.45, 7) is 9.62. The number of thioether (sulfide) groups is 2. The highest BCUT2D eigenvalue weighted by atomic mass is 32.2. The van der Waals surface area contributed by atoms with Crippen molar-refractivity contribution < 1.29 is 0 Å². The summed E-state index contributed by atoms with van der Waals surface area (Å²) in [4.78, 5) is 3.12. The standard InChI is InChI=1S/C23H38S2/c1-7-8-9-10-18-14-21(24-5)23(22(15-18)25-6)20-13-17(4)11-12-19(20)16(2)3/h14-17,19-20H,7-13H2,1-6H3/t17-,19+,20-/m1/s1. The van der Waals surface area contributed by atoms with E-state index in [9.17, 15) is 0 Å².